The second kappa shape index (κ2) is 2.44. The van der Waals surface area contributed by atoms with E-state index in [1.807, 2.05) is 0 Å². The standard InChI is InChI=1S/C22H16O6/c23-17-5-7-1-2-9(5)21-13-4-3-11(15(13)25-17)19(7)20(27-19)8(1)6-10(2)22(21,28-21)14(4)16(12(3)20)26-18(6)24/h1-16H. The summed E-state index contributed by atoms with van der Waals surface area (Å²) in [6.07, 6.45) is 0.00607. The molecule has 4 spiro atoms. The SMILES string of the molecule is O=C1OC2C3C4C5C2C26OC27C5C2OC(=O)C5C8C9C(C6C1C9C31OC81C24)C57. The molecule has 12 atom stereocenters. The molecular weight excluding hydrogens is 360 g/mol. The highest BCUT2D eigenvalue weighted by atomic mass is 16.7. The smallest absolute Gasteiger partial charge is 0.310 e. The van der Waals surface area contributed by atoms with E-state index in [0.717, 1.165) is 0 Å². The van der Waals surface area contributed by atoms with E-state index in [-0.39, 0.29) is 82.1 Å². The van der Waals surface area contributed by atoms with Gasteiger partial charge in [-0.05, 0) is 23.7 Å². The molecular formula is C22H16O6. The maximum Gasteiger partial charge on any atom is 0.310 e. The number of ether oxygens (including phenoxy) is 4. The van der Waals surface area contributed by atoms with Crippen LogP contribution >= 0.6 is 0 Å². The second-order valence-corrected chi connectivity index (χ2v) is 12.7. The van der Waals surface area contributed by atoms with E-state index >= 15 is 0 Å². The maximum atomic E-state index is 13.5. The van der Waals surface area contributed by atoms with E-state index in [9.17, 15) is 9.59 Å². The van der Waals surface area contributed by atoms with Crippen molar-refractivity contribution in [2.75, 3.05) is 0 Å². The van der Waals surface area contributed by atoms with Crippen molar-refractivity contribution in [3.63, 3.8) is 0 Å². The predicted octanol–water partition coefficient (Wildman–Crippen LogP) is -0.398. The molecule has 140 valence electrons. The van der Waals surface area contributed by atoms with Crippen LogP contribution in [0.4, 0.5) is 0 Å². The number of hydrogen-bond donors (Lipinski definition) is 0. The minimum atomic E-state index is -0.173. The van der Waals surface area contributed by atoms with Crippen molar-refractivity contribution in [3.8, 4) is 0 Å². The highest BCUT2D eigenvalue weighted by molar-refractivity contribution is 5.84. The van der Waals surface area contributed by atoms with E-state index in [4.69, 9.17) is 18.9 Å². The van der Waals surface area contributed by atoms with Gasteiger partial charge in [0.15, 0.2) is 0 Å². The van der Waals surface area contributed by atoms with Gasteiger partial charge >= 0.3 is 11.9 Å². The number of hydrogen-bond acceptors (Lipinski definition) is 6. The van der Waals surface area contributed by atoms with Crippen molar-refractivity contribution in [1.29, 1.82) is 0 Å². The van der Waals surface area contributed by atoms with E-state index in [0.29, 0.717) is 47.3 Å². The number of esters is 2. The molecule has 14 fully saturated rings. The Morgan fingerprint density at radius 3 is 1.18 bits per heavy atom. The van der Waals surface area contributed by atoms with E-state index < -0.39 is 0 Å². The summed E-state index contributed by atoms with van der Waals surface area (Å²) >= 11 is 0. The Labute approximate surface area is 158 Å². The van der Waals surface area contributed by atoms with Gasteiger partial charge in [0.2, 0.25) is 0 Å². The third kappa shape index (κ3) is 0.547. The zero-order valence-electron chi connectivity index (χ0n) is 14.7. The molecule has 0 amide bonds. The molecule has 0 N–H and O–H groups in total. The van der Waals surface area contributed by atoms with Crippen LogP contribution < -0.4 is 0 Å². The van der Waals surface area contributed by atoms with Gasteiger partial charge in [0.05, 0.1) is 11.8 Å². The lowest BCUT2D eigenvalue weighted by molar-refractivity contribution is -0.157. The molecule has 0 aromatic heterocycles. The number of fused-ring (bicyclic) bond motifs is 2. The Morgan fingerprint density at radius 2 is 0.821 bits per heavy atom. The fourth-order valence-corrected chi connectivity index (χ4v) is 15.2. The van der Waals surface area contributed by atoms with Gasteiger partial charge in [0, 0.05) is 47.3 Å². The fraction of sp³-hybridized carbons (Fsp3) is 0.909. The number of rotatable bonds is 0. The van der Waals surface area contributed by atoms with Crippen molar-refractivity contribution >= 4 is 11.9 Å². The highest BCUT2D eigenvalue weighted by Gasteiger charge is 3.14. The molecule has 6 heteroatoms. The minimum absolute atomic E-state index is 0.00304. The Balaban J connectivity index is 1.37. The molecule has 8 saturated carbocycles. The minimum Gasteiger partial charge on any atom is -0.461 e. The monoisotopic (exact) mass is 376 g/mol. The molecule has 14 rings (SSSR count). The van der Waals surface area contributed by atoms with Crippen molar-refractivity contribution in [2.45, 2.75) is 34.6 Å². The molecule has 6 nitrogen and oxygen atoms in total. The molecule has 6 aliphatic heterocycles. The third-order valence-electron chi connectivity index (χ3n) is 14.0. The van der Waals surface area contributed by atoms with Gasteiger partial charge in [0.1, 0.15) is 34.6 Å². The average Bonchev–Trinajstić information content (AvgIpc) is 3.01. The first-order valence-electron chi connectivity index (χ1n) is 11.5. The highest BCUT2D eigenvalue weighted by Crippen LogP contribution is 3.04. The first-order chi connectivity index (χ1) is 13.7. The predicted molar refractivity (Wildman–Crippen MR) is 81.7 cm³/mol. The zero-order valence-corrected chi connectivity index (χ0v) is 14.7. The third-order valence-corrected chi connectivity index (χ3v) is 14.0. The summed E-state index contributed by atoms with van der Waals surface area (Å²) in [5, 5.41) is 0. The van der Waals surface area contributed by atoms with Gasteiger partial charge in [-0.1, -0.05) is 0 Å². The van der Waals surface area contributed by atoms with Gasteiger partial charge in [0.25, 0.3) is 0 Å². The summed E-state index contributed by atoms with van der Waals surface area (Å²) in [5.41, 5.74) is -0.693. The molecule has 14 aliphatic rings. The summed E-state index contributed by atoms with van der Waals surface area (Å²) in [4.78, 5) is 27.0. The molecule has 12 unspecified atom stereocenters. The lowest BCUT2D eigenvalue weighted by atomic mass is 9.63. The van der Waals surface area contributed by atoms with E-state index in [1.165, 1.54) is 0 Å². The van der Waals surface area contributed by atoms with Crippen molar-refractivity contribution in [3.05, 3.63) is 0 Å². The van der Waals surface area contributed by atoms with Crippen LogP contribution in [0.2, 0.25) is 0 Å². The Kier molecular flexibility index (Phi) is 1.04. The summed E-state index contributed by atoms with van der Waals surface area (Å²) in [7, 11) is 0. The van der Waals surface area contributed by atoms with Crippen LogP contribution in [-0.2, 0) is 28.5 Å². The van der Waals surface area contributed by atoms with Gasteiger partial charge in [-0.25, -0.2) is 0 Å². The molecule has 0 aromatic carbocycles. The Hall–Kier alpha value is -1.14. The quantitative estimate of drug-likeness (QED) is 0.423. The van der Waals surface area contributed by atoms with Crippen LogP contribution in [0.3, 0.4) is 0 Å². The second-order valence-electron chi connectivity index (χ2n) is 12.7. The fourth-order valence-electron chi connectivity index (χ4n) is 15.2. The molecule has 0 radical (unpaired) electrons. The normalized spacial score (nSPS) is 94.7. The Morgan fingerprint density at radius 1 is 0.500 bits per heavy atom. The topological polar surface area (TPSA) is 77.7 Å². The molecule has 4 bridgehead atoms. The van der Waals surface area contributed by atoms with Crippen LogP contribution in [0.15, 0.2) is 0 Å². The van der Waals surface area contributed by atoms with Crippen LogP contribution in [0.5, 0.6) is 0 Å². The molecule has 8 aliphatic carbocycles. The van der Waals surface area contributed by atoms with E-state index in [2.05, 4.69) is 0 Å². The van der Waals surface area contributed by atoms with Crippen molar-refractivity contribution in [2.24, 2.45) is 82.9 Å². The summed E-state index contributed by atoms with van der Waals surface area (Å²) in [5.74, 6) is 4.60. The molecule has 28 heavy (non-hydrogen) atoms. The van der Waals surface area contributed by atoms with Crippen molar-refractivity contribution in [1.82, 2.24) is 0 Å². The summed E-state index contributed by atoms with van der Waals surface area (Å²) < 4.78 is 26.8. The largest absolute Gasteiger partial charge is 0.461 e. The van der Waals surface area contributed by atoms with Gasteiger partial charge < -0.3 is 18.9 Å². The maximum absolute atomic E-state index is 13.5. The summed E-state index contributed by atoms with van der Waals surface area (Å²) in [6, 6.07) is 0. The molecule has 0 aromatic rings. The van der Waals surface area contributed by atoms with Crippen molar-refractivity contribution < 1.29 is 28.5 Å². The first-order valence-corrected chi connectivity index (χ1v) is 11.5. The Bertz CT molecular complexity index is 998. The first kappa shape index (κ1) is 11.9. The zero-order chi connectivity index (χ0) is 17.2. The number of carbonyl (C=O) groups excluding carboxylic acids is 2. The van der Waals surface area contributed by atoms with Gasteiger partial charge in [-0.15, -0.1) is 0 Å². The van der Waals surface area contributed by atoms with Gasteiger partial charge in [-0.2, -0.15) is 0 Å². The van der Waals surface area contributed by atoms with Crippen LogP contribution in [0.25, 0.3) is 0 Å². The summed E-state index contributed by atoms with van der Waals surface area (Å²) in [6.45, 7) is 0. The molecule has 6 saturated heterocycles. The average molecular weight is 376 g/mol. The van der Waals surface area contributed by atoms with Crippen LogP contribution in [0, 0.1) is 82.9 Å². The van der Waals surface area contributed by atoms with Gasteiger partial charge in [-0.3, -0.25) is 9.59 Å². The van der Waals surface area contributed by atoms with E-state index in [1.54, 1.807) is 0 Å². The lowest BCUT2D eigenvalue weighted by Crippen LogP contribution is -2.50. The molecule has 6 heterocycles. The van der Waals surface area contributed by atoms with Crippen LogP contribution in [0.1, 0.15) is 0 Å². The lowest BCUT2D eigenvalue weighted by Gasteiger charge is -2.34. The van der Waals surface area contributed by atoms with Crippen LogP contribution in [-0.4, -0.2) is 46.6 Å². The number of epoxide rings is 2. The number of carbonyl (C=O) groups is 2.